The molecule has 0 radical (unpaired) electrons. The molecular formula is C14H13N3O3. The number of carbonyl (C=O) groups excluding carboxylic acids is 1. The molecule has 0 aliphatic carbocycles. The highest BCUT2D eigenvalue weighted by Crippen LogP contribution is 2.12. The first-order chi connectivity index (χ1) is 9.58. The summed E-state index contributed by atoms with van der Waals surface area (Å²) in [5.41, 5.74) is 1.51. The molecule has 2 rings (SSSR count). The van der Waals surface area contributed by atoms with Crippen LogP contribution in [0.4, 0.5) is 5.82 Å². The third kappa shape index (κ3) is 3.17. The summed E-state index contributed by atoms with van der Waals surface area (Å²) in [5.74, 6) is -1.45. The Morgan fingerprint density at radius 3 is 2.60 bits per heavy atom. The zero-order chi connectivity index (χ0) is 14.5. The van der Waals surface area contributed by atoms with Crippen LogP contribution >= 0.6 is 0 Å². The van der Waals surface area contributed by atoms with Crippen molar-refractivity contribution in [2.75, 3.05) is 5.32 Å². The average molecular weight is 271 g/mol. The van der Waals surface area contributed by atoms with Gasteiger partial charge in [0.05, 0.1) is 12.1 Å². The fraction of sp³-hybridized carbons (Fsp3) is 0.143. The van der Waals surface area contributed by atoms with Crippen LogP contribution in [0.1, 0.15) is 21.6 Å². The van der Waals surface area contributed by atoms with Crippen molar-refractivity contribution in [1.29, 1.82) is 0 Å². The maximum atomic E-state index is 11.9. The molecule has 0 aliphatic rings. The van der Waals surface area contributed by atoms with Crippen LogP contribution in [0.15, 0.2) is 36.7 Å². The molecule has 2 aromatic rings. The third-order valence-corrected chi connectivity index (χ3v) is 2.74. The third-order valence-electron chi connectivity index (χ3n) is 2.74. The summed E-state index contributed by atoms with van der Waals surface area (Å²) in [6, 6.07) is 6.54. The number of anilines is 1. The van der Waals surface area contributed by atoms with Gasteiger partial charge >= 0.3 is 5.97 Å². The number of rotatable bonds is 4. The van der Waals surface area contributed by atoms with Gasteiger partial charge in [-0.2, -0.15) is 0 Å². The molecule has 0 aromatic carbocycles. The number of amides is 1. The van der Waals surface area contributed by atoms with Crippen molar-refractivity contribution in [3.63, 3.8) is 0 Å². The molecule has 6 heteroatoms. The summed E-state index contributed by atoms with van der Waals surface area (Å²) >= 11 is 0. The Morgan fingerprint density at radius 1 is 1.20 bits per heavy atom. The van der Waals surface area contributed by atoms with E-state index < -0.39 is 5.97 Å². The molecule has 0 saturated heterocycles. The van der Waals surface area contributed by atoms with E-state index >= 15 is 0 Å². The summed E-state index contributed by atoms with van der Waals surface area (Å²) in [6.07, 6.45) is 3.11. The van der Waals surface area contributed by atoms with Crippen molar-refractivity contribution in [2.24, 2.45) is 0 Å². The average Bonchev–Trinajstić information content (AvgIpc) is 2.41. The van der Waals surface area contributed by atoms with Crippen molar-refractivity contribution in [1.82, 2.24) is 9.97 Å². The number of pyridine rings is 2. The topological polar surface area (TPSA) is 92.2 Å². The van der Waals surface area contributed by atoms with Crippen LogP contribution in [-0.4, -0.2) is 27.0 Å². The second-order valence-corrected chi connectivity index (χ2v) is 4.20. The lowest BCUT2D eigenvalue weighted by Crippen LogP contribution is -2.18. The fourth-order valence-corrected chi connectivity index (χ4v) is 1.71. The predicted octanol–water partition coefficient (Wildman–Crippen LogP) is 1.66. The van der Waals surface area contributed by atoms with Crippen LogP contribution in [0.25, 0.3) is 0 Å². The zero-order valence-corrected chi connectivity index (χ0v) is 10.8. The van der Waals surface area contributed by atoms with Crippen molar-refractivity contribution in [3.8, 4) is 0 Å². The molecule has 2 heterocycles. The summed E-state index contributed by atoms with van der Waals surface area (Å²) in [6.45, 7) is 1.86. The Morgan fingerprint density at radius 2 is 1.90 bits per heavy atom. The highest BCUT2D eigenvalue weighted by atomic mass is 16.4. The van der Waals surface area contributed by atoms with Gasteiger partial charge in [-0.15, -0.1) is 0 Å². The second-order valence-electron chi connectivity index (χ2n) is 4.20. The van der Waals surface area contributed by atoms with Gasteiger partial charge in [0, 0.05) is 12.4 Å². The molecule has 0 unspecified atom stereocenters. The normalized spacial score (nSPS) is 10.1. The summed E-state index contributed by atoms with van der Waals surface area (Å²) < 4.78 is 0. The lowest BCUT2D eigenvalue weighted by atomic mass is 10.1. The Balaban J connectivity index is 2.13. The van der Waals surface area contributed by atoms with Gasteiger partial charge in [-0.3, -0.25) is 9.78 Å². The quantitative estimate of drug-likeness (QED) is 0.882. The number of carboxylic acid groups (broad SMARTS) is 1. The van der Waals surface area contributed by atoms with Crippen LogP contribution in [0, 0.1) is 6.92 Å². The molecule has 2 N–H and O–H groups in total. The molecule has 20 heavy (non-hydrogen) atoms. The summed E-state index contributed by atoms with van der Waals surface area (Å²) in [7, 11) is 0. The van der Waals surface area contributed by atoms with E-state index in [2.05, 4.69) is 15.3 Å². The number of hydrogen-bond acceptors (Lipinski definition) is 4. The SMILES string of the molecule is Cc1cccnc1CC(=O)Nc1ncccc1C(=O)O. The summed E-state index contributed by atoms with van der Waals surface area (Å²) in [5, 5.41) is 11.5. The van der Waals surface area contributed by atoms with E-state index in [1.54, 1.807) is 12.3 Å². The fourth-order valence-electron chi connectivity index (χ4n) is 1.71. The molecule has 0 bridgehead atoms. The molecule has 0 fully saturated rings. The maximum absolute atomic E-state index is 11.9. The molecule has 6 nitrogen and oxygen atoms in total. The molecule has 0 atom stereocenters. The van der Waals surface area contributed by atoms with Crippen LogP contribution in [0.3, 0.4) is 0 Å². The molecule has 2 aromatic heterocycles. The number of carboxylic acids is 1. The molecule has 0 spiro atoms. The van der Waals surface area contributed by atoms with Crippen molar-refractivity contribution >= 4 is 17.7 Å². The molecule has 102 valence electrons. The van der Waals surface area contributed by atoms with E-state index in [-0.39, 0.29) is 23.7 Å². The van der Waals surface area contributed by atoms with Crippen LogP contribution in [-0.2, 0) is 11.2 Å². The number of hydrogen-bond donors (Lipinski definition) is 2. The Kier molecular flexibility index (Phi) is 4.05. The molecular weight excluding hydrogens is 258 g/mol. The van der Waals surface area contributed by atoms with Gasteiger partial charge in [0.1, 0.15) is 11.4 Å². The molecule has 0 saturated carbocycles. The predicted molar refractivity (Wildman–Crippen MR) is 72.5 cm³/mol. The van der Waals surface area contributed by atoms with E-state index in [0.29, 0.717) is 5.69 Å². The number of aromatic nitrogens is 2. The number of aryl methyl sites for hydroxylation is 1. The largest absolute Gasteiger partial charge is 0.478 e. The zero-order valence-electron chi connectivity index (χ0n) is 10.8. The number of nitrogens with zero attached hydrogens (tertiary/aromatic N) is 2. The first-order valence-electron chi connectivity index (χ1n) is 5.96. The highest BCUT2D eigenvalue weighted by Gasteiger charge is 2.14. The summed E-state index contributed by atoms with van der Waals surface area (Å²) in [4.78, 5) is 30.9. The molecule has 0 aliphatic heterocycles. The number of nitrogens with one attached hydrogen (secondary N) is 1. The van der Waals surface area contributed by atoms with E-state index in [1.807, 2.05) is 13.0 Å². The van der Waals surface area contributed by atoms with Crippen LogP contribution in [0.5, 0.6) is 0 Å². The van der Waals surface area contributed by atoms with E-state index in [9.17, 15) is 9.59 Å². The lowest BCUT2D eigenvalue weighted by molar-refractivity contribution is -0.115. The Bertz CT molecular complexity index is 656. The minimum absolute atomic E-state index is 0.0404. The van der Waals surface area contributed by atoms with Gasteiger partial charge in [-0.1, -0.05) is 6.07 Å². The Hall–Kier alpha value is -2.76. The first kappa shape index (κ1) is 13.7. The van der Waals surface area contributed by atoms with Gasteiger partial charge in [-0.25, -0.2) is 9.78 Å². The smallest absolute Gasteiger partial charge is 0.339 e. The minimum atomic E-state index is -1.14. The van der Waals surface area contributed by atoms with Crippen molar-refractivity contribution in [2.45, 2.75) is 13.3 Å². The number of aromatic carboxylic acids is 1. The van der Waals surface area contributed by atoms with Gasteiger partial charge in [0.15, 0.2) is 0 Å². The van der Waals surface area contributed by atoms with Gasteiger partial charge in [-0.05, 0) is 30.7 Å². The first-order valence-corrected chi connectivity index (χ1v) is 5.96. The highest BCUT2D eigenvalue weighted by molar-refractivity contribution is 5.99. The van der Waals surface area contributed by atoms with Crippen molar-refractivity contribution in [3.05, 3.63) is 53.5 Å². The minimum Gasteiger partial charge on any atom is -0.478 e. The Labute approximate surface area is 115 Å². The van der Waals surface area contributed by atoms with E-state index in [4.69, 9.17) is 5.11 Å². The lowest BCUT2D eigenvalue weighted by Gasteiger charge is -2.07. The van der Waals surface area contributed by atoms with Crippen molar-refractivity contribution < 1.29 is 14.7 Å². The monoisotopic (exact) mass is 271 g/mol. The van der Waals surface area contributed by atoms with Gasteiger partial charge in [0.2, 0.25) is 5.91 Å². The number of carbonyl (C=O) groups is 2. The van der Waals surface area contributed by atoms with Gasteiger partial charge < -0.3 is 10.4 Å². The van der Waals surface area contributed by atoms with E-state index in [0.717, 1.165) is 5.56 Å². The van der Waals surface area contributed by atoms with Crippen LogP contribution in [0.2, 0.25) is 0 Å². The molecule has 1 amide bonds. The second kappa shape index (κ2) is 5.92. The van der Waals surface area contributed by atoms with E-state index in [1.165, 1.54) is 18.3 Å². The van der Waals surface area contributed by atoms with Gasteiger partial charge in [0.25, 0.3) is 0 Å². The maximum Gasteiger partial charge on any atom is 0.339 e. The van der Waals surface area contributed by atoms with Crippen LogP contribution < -0.4 is 5.32 Å². The standard InChI is InChI=1S/C14H13N3O3/c1-9-4-2-6-15-11(9)8-12(18)17-13-10(14(19)20)5-3-7-16-13/h2-7H,8H2,1H3,(H,19,20)(H,16,17,18).